The minimum absolute atomic E-state index is 0.152. The van der Waals surface area contributed by atoms with Crippen molar-refractivity contribution in [2.45, 2.75) is 20.3 Å². The summed E-state index contributed by atoms with van der Waals surface area (Å²) in [7, 11) is 0. The molecule has 1 amide bonds. The number of benzene rings is 1. The average Bonchev–Trinajstić information content (AvgIpc) is 2.78. The monoisotopic (exact) mass is 287 g/mol. The number of aryl methyl sites for hydroxylation is 2. The molecular formula is C15H17N3O3. The van der Waals surface area contributed by atoms with Gasteiger partial charge in [-0.1, -0.05) is 12.1 Å². The number of aromatic amines is 1. The number of carbonyl (C=O) groups is 2. The van der Waals surface area contributed by atoms with Gasteiger partial charge in [0.15, 0.2) is 0 Å². The molecule has 1 aromatic heterocycles. The summed E-state index contributed by atoms with van der Waals surface area (Å²) in [5.74, 6) is -1.10. The summed E-state index contributed by atoms with van der Waals surface area (Å²) < 4.78 is 0. The van der Waals surface area contributed by atoms with Crippen molar-refractivity contribution in [2.24, 2.45) is 0 Å². The molecule has 110 valence electrons. The van der Waals surface area contributed by atoms with Gasteiger partial charge in [-0.2, -0.15) is 5.10 Å². The van der Waals surface area contributed by atoms with Gasteiger partial charge in [0.2, 0.25) is 0 Å². The number of carboxylic acids is 1. The number of carbonyl (C=O) groups excluding carboxylic acids is 1. The molecule has 3 N–H and O–H groups in total. The van der Waals surface area contributed by atoms with E-state index in [-0.39, 0.29) is 11.5 Å². The normalized spacial score (nSPS) is 10.4. The molecule has 2 rings (SSSR count). The molecule has 0 saturated carbocycles. The van der Waals surface area contributed by atoms with Gasteiger partial charge in [-0.15, -0.1) is 0 Å². The zero-order chi connectivity index (χ0) is 15.4. The predicted molar refractivity (Wildman–Crippen MR) is 77.5 cm³/mol. The number of H-pyrrole nitrogens is 1. The molecule has 0 aliphatic carbocycles. The van der Waals surface area contributed by atoms with Gasteiger partial charge in [-0.05, 0) is 38.0 Å². The number of nitrogens with zero attached hydrogens (tertiary/aromatic N) is 1. The van der Waals surface area contributed by atoms with Crippen LogP contribution in [0, 0.1) is 13.8 Å². The predicted octanol–water partition coefficient (Wildman–Crippen LogP) is 1.70. The van der Waals surface area contributed by atoms with Gasteiger partial charge in [-0.3, -0.25) is 9.89 Å². The summed E-state index contributed by atoms with van der Waals surface area (Å²) >= 11 is 0. The van der Waals surface area contributed by atoms with Gasteiger partial charge < -0.3 is 10.4 Å². The highest BCUT2D eigenvalue weighted by molar-refractivity contribution is 5.96. The number of aromatic carboxylic acids is 1. The van der Waals surface area contributed by atoms with Gasteiger partial charge in [-0.25, -0.2) is 4.79 Å². The first-order valence-corrected chi connectivity index (χ1v) is 6.61. The lowest BCUT2D eigenvalue weighted by molar-refractivity contribution is 0.0696. The highest BCUT2D eigenvalue weighted by Crippen LogP contribution is 2.09. The van der Waals surface area contributed by atoms with Crippen molar-refractivity contribution in [3.8, 4) is 0 Å². The SMILES string of the molecule is Cc1n[nH]c(C)c1C(=O)NCCc1ccc(C(=O)O)cc1. The third kappa shape index (κ3) is 3.47. The molecule has 0 spiro atoms. The van der Waals surface area contributed by atoms with Crippen molar-refractivity contribution in [1.29, 1.82) is 0 Å². The fraction of sp³-hybridized carbons (Fsp3) is 0.267. The van der Waals surface area contributed by atoms with E-state index in [2.05, 4.69) is 15.5 Å². The standard InChI is InChI=1S/C15H17N3O3/c1-9-13(10(2)18-17-9)14(19)16-8-7-11-3-5-12(6-4-11)15(20)21/h3-6H,7-8H2,1-2H3,(H,16,19)(H,17,18)(H,20,21). The Morgan fingerprint density at radius 2 is 1.90 bits per heavy atom. The first-order chi connectivity index (χ1) is 9.99. The van der Waals surface area contributed by atoms with Crippen LogP contribution in [-0.4, -0.2) is 33.7 Å². The van der Waals surface area contributed by atoms with Crippen LogP contribution in [0.2, 0.25) is 0 Å². The van der Waals surface area contributed by atoms with Crippen LogP contribution in [0.5, 0.6) is 0 Å². The van der Waals surface area contributed by atoms with E-state index in [1.807, 2.05) is 0 Å². The van der Waals surface area contributed by atoms with Crippen molar-refractivity contribution in [1.82, 2.24) is 15.5 Å². The number of hydrogen-bond donors (Lipinski definition) is 3. The van der Waals surface area contributed by atoms with Crippen LogP contribution in [0.4, 0.5) is 0 Å². The Labute approximate surface area is 122 Å². The van der Waals surface area contributed by atoms with Crippen molar-refractivity contribution in [3.05, 3.63) is 52.3 Å². The van der Waals surface area contributed by atoms with Crippen LogP contribution in [0.3, 0.4) is 0 Å². The molecule has 0 bridgehead atoms. The Morgan fingerprint density at radius 3 is 2.43 bits per heavy atom. The molecular weight excluding hydrogens is 270 g/mol. The molecule has 21 heavy (non-hydrogen) atoms. The fourth-order valence-electron chi connectivity index (χ4n) is 2.11. The molecule has 0 atom stereocenters. The highest BCUT2D eigenvalue weighted by Gasteiger charge is 2.14. The molecule has 0 radical (unpaired) electrons. The van der Waals surface area contributed by atoms with Crippen molar-refractivity contribution in [2.75, 3.05) is 6.54 Å². The third-order valence-corrected chi connectivity index (χ3v) is 3.26. The maximum absolute atomic E-state index is 12.0. The Balaban J connectivity index is 1.89. The van der Waals surface area contributed by atoms with E-state index in [1.54, 1.807) is 38.1 Å². The van der Waals surface area contributed by atoms with Crippen LogP contribution in [0.15, 0.2) is 24.3 Å². The van der Waals surface area contributed by atoms with E-state index in [1.165, 1.54) is 0 Å². The second kappa shape index (κ2) is 6.21. The number of hydrogen-bond acceptors (Lipinski definition) is 3. The molecule has 0 aliphatic rings. The zero-order valence-electron chi connectivity index (χ0n) is 11.9. The Hall–Kier alpha value is -2.63. The van der Waals surface area contributed by atoms with Gasteiger partial charge in [0.05, 0.1) is 16.8 Å². The molecule has 0 saturated heterocycles. The second-order valence-corrected chi connectivity index (χ2v) is 4.82. The topological polar surface area (TPSA) is 95.1 Å². The highest BCUT2D eigenvalue weighted by atomic mass is 16.4. The van der Waals surface area contributed by atoms with E-state index in [0.717, 1.165) is 11.3 Å². The number of rotatable bonds is 5. The van der Waals surface area contributed by atoms with Crippen molar-refractivity contribution in [3.63, 3.8) is 0 Å². The Kier molecular flexibility index (Phi) is 4.37. The van der Waals surface area contributed by atoms with Crippen LogP contribution in [-0.2, 0) is 6.42 Å². The molecule has 0 unspecified atom stereocenters. The lowest BCUT2D eigenvalue weighted by atomic mass is 10.1. The van der Waals surface area contributed by atoms with E-state index in [0.29, 0.717) is 24.2 Å². The van der Waals surface area contributed by atoms with Crippen LogP contribution in [0.25, 0.3) is 0 Å². The molecule has 2 aromatic rings. The van der Waals surface area contributed by atoms with Crippen LogP contribution < -0.4 is 5.32 Å². The minimum atomic E-state index is -0.944. The molecule has 0 fully saturated rings. The lowest BCUT2D eigenvalue weighted by Crippen LogP contribution is -2.26. The number of nitrogens with one attached hydrogen (secondary N) is 2. The summed E-state index contributed by atoms with van der Waals surface area (Å²) in [5.41, 5.74) is 3.23. The van der Waals surface area contributed by atoms with E-state index < -0.39 is 5.97 Å². The minimum Gasteiger partial charge on any atom is -0.478 e. The molecule has 0 aliphatic heterocycles. The molecule has 6 heteroatoms. The number of aromatic nitrogens is 2. The maximum Gasteiger partial charge on any atom is 0.335 e. The second-order valence-electron chi connectivity index (χ2n) is 4.82. The maximum atomic E-state index is 12.0. The van der Waals surface area contributed by atoms with Crippen LogP contribution in [0.1, 0.15) is 37.7 Å². The lowest BCUT2D eigenvalue weighted by Gasteiger charge is -2.06. The van der Waals surface area contributed by atoms with Gasteiger partial charge in [0.25, 0.3) is 5.91 Å². The Bertz CT molecular complexity index is 640. The summed E-state index contributed by atoms with van der Waals surface area (Å²) in [6.45, 7) is 4.07. The number of carboxylic acid groups (broad SMARTS) is 1. The number of amides is 1. The fourth-order valence-corrected chi connectivity index (χ4v) is 2.11. The molecule has 6 nitrogen and oxygen atoms in total. The Morgan fingerprint density at radius 1 is 1.24 bits per heavy atom. The first-order valence-electron chi connectivity index (χ1n) is 6.61. The van der Waals surface area contributed by atoms with E-state index >= 15 is 0 Å². The van der Waals surface area contributed by atoms with Crippen LogP contribution >= 0.6 is 0 Å². The largest absolute Gasteiger partial charge is 0.478 e. The summed E-state index contributed by atoms with van der Waals surface area (Å²) in [5, 5.41) is 18.4. The third-order valence-electron chi connectivity index (χ3n) is 3.26. The quantitative estimate of drug-likeness (QED) is 0.780. The first kappa shape index (κ1) is 14.8. The molecule has 1 heterocycles. The van der Waals surface area contributed by atoms with Crippen molar-refractivity contribution >= 4 is 11.9 Å². The average molecular weight is 287 g/mol. The van der Waals surface area contributed by atoms with E-state index in [4.69, 9.17) is 5.11 Å². The summed E-state index contributed by atoms with van der Waals surface area (Å²) in [4.78, 5) is 22.8. The van der Waals surface area contributed by atoms with Gasteiger partial charge in [0.1, 0.15) is 0 Å². The molecule has 1 aromatic carbocycles. The van der Waals surface area contributed by atoms with Gasteiger partial charge in [0, 0.05) is 12.2 Å². The van der Waals surface area contributed by atoms with Crippen molar-refractivity contribution < 1.29 is 14.7 Å². The van der Waals surface area contributed by atoms with Gasteiger partial charge >= 0.3 is 5.97 Å². The zero-order valence-corrected chi connectivity index (χ0v) is 11.9. The van der Waals surface area contributed by atoms with E-state index in [9.17, 15) is 9.59 Å². The smallest absolute Gasteiger partial charge is 0.335 e. The summed E-state index contributed by atoms with van der Waals surface area (Å²) in [6.07, 6.45) is 0.640. The summed E-state index contributed by atoms with van der Waals surface area (Å²) in [6, 6.07) is 6.63.